The Morgan fingerprint density at radius 2 is 1.08 bits per heavy atom. The first-order valence-corrected chi connectivity index (χ1v) is 16.7. The molecule has 0 aromatic heterocycles. The van der Waals surface area contributed by atoms with E-state index in [1.807, 2.05) is 24.3 Å². The molecule has 4 aromatic carbocycles. The largest absolute Gasteiger partial charge is 0.361 e. The van der Waals surface area contributed by atoms with Gasteiger partial charge in [-0.2, -0.15) is 0 Å². The van der Waals surface area contributed by atoms with Gasteiger partial charge in [-0.05, 0) is 70.5 Å². The van der Waals surface area contributed by atoms with Gasteiger partial charge in [-0.15, -0.1) is 0 Å². The monoisotopic (exact) mass is 712 g/mol. The van der Waals surface area contributed by atoms with E-state index in [0.717, 1.165) is 33.4 Å². The van der Waals surface area contributed by atoms with Gasteiger partial charge in [-0.3, -0.25) is 0 Å². The second-order valence-corrected chi connectivity index (χ2v) is 12.4. The van der Waals surface area contributed by atoms with Crippen molar-refractivity contribution in [3.63, 3.8) is 0 Å². The highest BCUT2D eigenvalue weighted by molar-refractivity contribution is 5.55. The molecule has 0 saturated carbocycles. The van der Waals surface area contributed by atoms with Gasteiger partial charge in [0.15, 0.2) is 17.7 Å². The summed E-state index contributed by atoms with van der Waals surface area (Å²) >= 11 is 0. The van der Waals surface area contributed by atoms with Crippen molar-refractivity contribution in [2.45, 2.75) is 62.4 Å². The normalized spacial score (nSPS) is 19.0. The number of halogens is 2. The first-order valence-electron chi connectivity index (χ1n) is 16.7. The Morgan fingerprint density at radius 3 is 1.46 bits per heavy atom. The zero-order valence-corrected chi connectivity index (χ0v) is 29.9. The first-order chi connectivity index (χ1) is 25.1. The minimum atomic E-state index is -1.20. The summed E-state index contributed by atoms with van der Waals surface area (Å²) in [5, 5.41) is 0. The summed E-state index contributed by atoms with van der Waals surface area (Å²) in [5.74, 6) is -1.79. The van der Waals surface area contributed by atoms with Crippen LogP contribution in [0.25, 0.3) is 9.69 Å². The molecule has 11 heteroatoms. The Balaban J connectivity index is 0.000000202. The highest BCUT2D eigenvalue weighted by Gasteiger charge is 2.45. The van der Waals surface area contributed by atoms with Crippen molar-refractivity contribution in [3.8, 4) is 0 Å². The highest BCUT2D eigenvalue weighted by Crippen LogP contribution is 2.48. The van der Waals surface area contributed by atoms with Crippen LogP contribution in [0.3, 0.4) is 0 Å². The van der Waals surface area contributed by atoms with Crippen LogP contribution < -0.4 is 0 Å². The maximum absolute atomic E-state index is 13.5. The molecule has 0 aliphatic carbocycles. The van der Waals surface area contributed by atoms with Crippen LogP contribution in [0.15, 0.2) is 84.9 Å². The fourth-order valence-electron chi connectivity index (χ4n) is 7.04. The minimum absolute atomic E-state index is 0.285. The lowest BCUT2D eigenvalue weighted by Crippen LogP contribution is -2.39. The maximum atomic E-state index is 13.5. The Labute approximate surface area is 303 Å². The van der Waals surface area contributed by atoms with Gasteiger partial charge in [0.2, 0.25) is 0 Å². The van der Waals surface area contributed by atoms with E-state index < -0.39 is 17.2 Å². The molecule has 2 atom stereocenters. The summed E-state index contributed by atoms with van der Waals surface area (Å²) in [7, 11) is 7.75. The number of methoxy groups -OCH3 is 5. The van der Waals surface area contributed by atoms with Crippen molar-refractivity contribution in [2.75, 3.05) is 35.5 Å². The molecule has 2 aliphatic heterocycles. The van der Waals surface area contributed by atoms with Crippen LogP contribution in [0.2, 0.25) is 0 Å². The third-order valence-corrected chi connectivity index (χ3v) is 9.85. The van der Waals surface area contributed by atoms with Crippen molar-refractivity contribution in [3.05, 3.63) is 153 Å². The topological polar surface area (TPSA) is 73.3 Å². The van der Waals surface area contributed by atoms with Gasteiger partial charge in [0.05, 0.1) is 26.4 Å². The minimum Gasteiger partial charge on any atom is -0.361 e. The molecule has 0 fully saturated rings. The van der Waals surface area contributed by atoms with E-state index in [1.54, 1.807) is 50.6 Å². The molecule has 4 aromatic rings. The van der Waals surface area contributed by atoms with E-state index in [0.29, 0.717) is 50.3 Å². The number of rotatable bonds is 13. The molecule has 2 aliphatic rings. The van der Waals surface area contributed by atoms with E-state index in [2.05, 4.69) is 9.69 Å². The molecule has 0 radical (unpaired) electrons. The van der Waals surface area contributed by atoms with Crippen molar-refractivity contribution >= 4 is 11.4 Å². The summed E-state index contributed by atoms with van der Waals surface area (Å²) in [4.78, 5) is 6.98. The number of hydrogen-bond acceptors (Lipinski definition) is 7. The van der Waals surface area contributed by atoms with E-state index >= 15 is 0 Å². The third-order valence-electron chi connectivity index (χ3n) is 9.85. The number of nitrogens with zero attached hydrogens (tertiary/aromatic N) is 2. The van der Waals surface area contributed by atoms with Gasteiger partial charge in [0.1, 0.15) is 22.8 Å². The van der Waals surface area contributed by atoms with E-state index in [9.17, 15) is 8.78 Å². The second-order valence-electron chi connectivity index (χ2n) is 12.4. The van der Waals surface area contributed by atoms with Crippen molar-refractivity contribution in [2.24, 2.45) is 0 Å². The molecular formula is C41H42F2N2O7. The summed E-state index contributed by atoms with van der Waals surface area (Å²) in [6.07, 6.45) is 1.77. The van der Waals surface area contributed by atoms with Crippen LogP contribution in [0.5, 0.6) is 0 Å². The Morgan fingerprint density at radius 1 is 0.654 bits per heavy atom. The standard InChI is InChI=1S/C21H22FNO4.C20H20FNO3/c1-23-18-9-10-19-15(13-18)14-27-20(19,16-5-7-17(22)8-6-16)11-12-21(24-2,25-3)26-4;1-22-17-8-9-18-14(12-17)13-25-20(18,11-10-19(23-2)24-3)15-4-6-16(21)7-5-15/h5-10,13H,11-12,14H2,2-4H3;4-9,12,19H,10-11,13H2,2-3H3. The number of hydrogen-bond donors (Lipinski definition) is 0. The quantitative estimate of drug-likeness (QED) is 0.101. The predicted octanol–water partition coefficient (Wildman–Crippen LogP) is 9.07. The van der Waals surface area contributed by atoms with Crippen LogP contribution in [0, 0.1) is 24.8 Å². The van der Waals surface area contributed by atoms with Crippen LogP contribution in [0.4, 0.5) is 20.2 Å². The number of fused-ring (bicyclic) bond motifs is 2. The van der Waals surface area contributed by atoms with Gasteiger partial charge in [0, 0.05) is 48.4 Å². The second kappa shape index (κ2) is 16.8. The van der Waals surface area contributed by atoms with E-state index in [4.69, 9.17) is 46.3 Å². The lowest BCUT2D eigenvalue weighted by Gasteiger charge is -2.35. The molecule has 0 N–H and O–H groups in total. The predicted molar refractivity (Wildman–Crippen MR) is 189 cm³/mol. The molecule has 2 heterocycles. The van der Waals surface area contributed by atoms with Crippen molar-refractivity contribution in [1.29, 1.82) is 0 Å². The molecule has 2 unspecified atom stereocenters. The lowest BCUT2D eigenvalue weighted by molar-refractivity contribution is -0.357. The molecule has 6 rings (SSSR count). The molecule has 0 saturated heterocycles. The third kappa shape index (κ3) is 7.77. The van der Waals surface area contributed by atoms with Crippen LogP contribution in [0.1, 0.15) is 59.1 Å². The molecule has 0 amide bonds. The van der Waals surface area contributed by atoms with Gasteiger partial charge in [0.25, 0.3) is 5.97 Å². The number of ether oxygens (including phenoxy) is 7. The van der Waals surface area contributed by atoms with Crippen molar-refractivity contribution in [1.82, 2.24) is 0 Å². The lowest BCUT2D eigenvalue weighted by atomic mass is 9.81. The molecule has 0 bridgehead atoms. The number of benzene rings is 4. The summed E-state index contributed by atoms with van der Waals surface area (Å²) in [6, 6.07) is 23.8. The summed E-state index contributed by atoms with van der Waals surface area (Å²) < 4.78 is 66.3. The highest BCUT2D eigenvalue weighted by atomic mass is 19.1. The zero-order chi connectivity index (χ0) is 37.4. The molecule has 52 heavy (non-hydrogen) atoms. The van der Waals surface area contributed by atoms with E-state index in [-0.39, 0.29) is 17.9 Å². The Bertz CT molecular complexity index is 1890. The summed E-state index contributed by atoms with van der Waals surface area (Å²) in [6.45, 7) is 15.2. The van der Waals surface area contributed by atoms with Gasteiger partial charge in [-0.25, -0.2) is 18.5 Å². The summed E-state index contributed by atoms with van der Waals surface area (Å²) in [5.41, 5.74) is 5.27. The SMILES string of the molecule is [C-]#[N+]c1ccc2c(c1)COC2(CCC(OC)(OC)OC)c1ccc(F)cc1.[C-]#[N+]c1ccc2c(c1)COC2(CCC(OC)OC)c1ccc(F)cc1. The maximum Gasteiger partial charge on any atom is 0.282 e. The average Bonchev–Trinajstić information content (AvgIpc) is 3.75. The van der Waals surface area contributed by atoms with Crippen LogP contribution in [-0.4, -0.2) is 47.8 Å². The van der Waals surface area contributed by atoms with Gasteiger partial charge >= 0.3 is 0 Å². The zero-order valence-electron chi connectivity index (χ0n) is 29.9. The fraction of sp³-hybridized carbons (Fsp3) is 0.366. The molecule has 272 valence electrons. The average molecular weight is 713 g/mol. The Hall–Kier alpha value is -4.56. The van der Waals surface area contributed by atoms with Gasteiger partial charge < -0.3 is 33.2 Å². The molecule has 9 nitrogen and oxygen atoms in total. The van der Waals surface area contributed by atoms with Crippen LogP contribution in [-0.2, 0) is 57.6 Å². The molecular weight excluding hydrogens is 670 g/mol. The van der Waals surface area contributed by atoms with Crippen molar-refractivity contribution < 1.29 is 41.9 Å². The molecule has 0 spiro atoms. The Kier molecular flexibility index (Phi) is 12.5. The van der Waals surface area contributed by atoms with Crippen LogP contribution >= 0.6 is 0 Å². The van der Waals surface area contributed by atoms with E-state index in [1.165, 1.54) is 45.6 Å². The first kappa shape index (κ1) is 38.7. The van der Waals surface area contributed by atoms with Gasteiger partial charge in [-0.1, -0.05) is 60.7 Å². The fourth-order valence-corrected chi connectivity index (χ4v) is 7.04. The smallest absolute Gasteiger partial charge is 0.282 e.